The number of nitrogens with zero attached hydrogens (tertiary/aromatic N) is 2. The van der Waals surface area contributed by atoms with Crippen LogP contribution in [0.2, 0.25) is 0 Å². The summed E-state index contributed by atoms with van der Waals surface area (Å²) in [4.78, 5) is 30.7. The number of amides is 1. The van der Waals surface area contributed by atoms with E-state index in [1.165, 1.54) is 13.4 Å². The maximum Gasteiger partial charge on any atom is 0.256 e. The number of rotatable bonds is 8. The van der Waals surface area contributed by atoms with Gasteiger partial charge in [0.1, 0.15) is 11.6 Å². The van der Waals surface area contributed by atoms with Crippen molar-refractivity contribution < 1.29 is 17.9 Å². The van der Waals surface area contributed by atoms with Gasteiger partial charge in [-0.1, -0.05) is 18.2 Å². The van der Waals surface area contributed by atoms with E-state index in [0.717, 1.165) is 42.5 Å². The van der Waals surface area contributed by atoms with Crippen molar-refractivity contribution in [1.82, 2.24) is 19.8 Å². The maximum atomic E-state index is 13.5. The van der Waals surface area contributed by atoms with Gasteiger partial charge in [0, 0.05) is 34.6 Å². The van der Waals surface area contributed by atoms with E-state index in [-0.39, 0.29) is 29.9 Å². The molecular formula is C27H36N4O5S. The SMILES string of the molecule is COc1cc(C)[nH]c(=O)c1CNC(=O)c1c(C)n(C(C)C2CCN(CS(C)(=O)=O)CC2)c2ccccc12. The van der Waals surface area contributed by atoms with Gasteiger partial charge in [0.2, 0.25) is 0 Å². The number of nitrogens with one attached hydrogen (secondary N) is 2. The first-order valence-electron chi connectivity index (χ1n) is 12.5. The normalized spacial score (nSPS) is 16.1. The molecule has 1 atom stereocenters. The lowest BCUT2D eigenvalue weighted by Crippen LogP contribution is -2.39. The van der Waals surface area contributed by atoms with Gasteiger partial charge in [-0.3, -0.25) is 14.5 Å². The van der Waals surface area contributed by atoms with Crippen LogP contribution < -0.4 is 15.6 Å². The van der Waals surface area contributed by atoms with Gasteiger partial charge < -0.3 is 19.6 Å². The first kappa shape index (κ1) is 26.9. The number of benzene rings is 1. The number of piperidine rings is 1. The van der Waals surface area contributed by atoms with Gasteiger partial charge in [-0.2, -0.15) is 0 Å². The molecule has 0 saturated carbocycles. The zero-order chi connectivity index (χ0) is 26.9. The van der Waals surface area contributed by atoms with Gasteiger partial charge in [-0.15, -0.1) is 0 Å². The quantitative estimate of drug-likeness (QED) is 0.464. The zero-order valence-corrected chi connectivity index (χ0v) is 22.9. The number of para-hydroxylation sites is 1. The number of fused-ring (bicyclic) bond motifs is 1. The van der Waals surface area contributed by atoms with Crippen molar-refractivity contribution in [2.75, 3.05) is 32.3 Å². The van der Waals surface area contributed by atoms with Crippen LogP contribution in [0.4, 0.5) is 0 Å². The maximum absolute atomic E-state index is 13.5. The summed E-state index contributed by atoms with van der Waals surface area (Å²) in [7, 11) is -1.54. The second kappa shape index (κ2) is 10.7. The molecule has 0 bridgehead atoms. The predicted molar refractivity (Wildman–Crippen MR) is 145 cm³/mol. The summed E-state index contributed by atoms with van der Waals surface area (Å²) in [5.41, 5.74) is 3.23. The summed E-state index contributed by atoms with van der Waals surface area (Å²) in [5, 5.41) is 3.79. The van der Waals surface area contributed by atoms with Crippen molar-refractivity contribution >= 4 is 26.6 Å². The van der Waals surface area contributed by atoms with E-state index in [9.17, 15) is 18.0 Å². The largest absolute Gasteiger partial charge is 0.496 e. The number of likely N-dealkylation sites (tertiary alicyclic amines) is 1. The molecule has 1 aromatic carbocycles. The highest BCUT2D eigenvalue weighted by Crippen LogP contribution is 2.35. The monoisotopic (exact) mass is 528 g/mol. The third-order valence-electron chi connectivity index (χ3n) is 7.40. The first-order valence-corrected chi connectivity index (χ1v) is 14.6. The van der Waals surface area contributed by atoms with E-state index in [1.807, 2.05) is 36.1 Å². The van der Waals surface area contributed by atoms with Crippen molar-refractivity contribution in [3.05, 3.63) is 63.2 Å². The lowest BCUT2D eigenvalue weighted by Gasteiger charge is -2.35. The standard InChI is InChI=1S/C27H36N4O5S/c1-17-14-24(36-4)22(26(32)29-17)15-28-27(33)25-19(3)31(23-9-7-6-8-21(23)25)18(2)20-10-12-30(13-11-20)16-37(5,34)35/h6-9,14,18,20H,10-13,15-16H2,1-5H3,(H,28,33)(H,29,32). The van der Waals surface area contributed by atoms with Gasteiger partial charge in [0.05, 0.1) is 24.8 Å². The number of aromatic nitrogens is 2. The van der Waals surface area contributed by atoms with E-state index in [1.54, 1.807) is 13.0 Å². The number of aromatic amines is 1. The zero-order valence-electron chi connectivity index (χ0n) is 22.1. The molecule has 200 valence electrons. The molecule has 0 radical (unpaired) electrons. The van der Waals surface area contributed by atoms with E-state index < -0.39 is 9.84 Å². The van der Waals surface area contributed by atoms with Crippen molar-refractivity contribution in [2.24, 2.45) is 5.92 Å². The van der Waals surface area contributed by atoms with E-state index in [0.29, 0.717) is 28.5 Å². The topological polar surface area (TPSA) is 114 Å². The number of carbonyl (C=O) groups is 1. The third kappa shape index (κ3) is 5.75. The molecule has 4 rings (SSSR count). The smallest absolute Gasteiger partial charge is 0.256 e. The molecule has 1 unspecified atom stereocenters. The predicted octanol–water partition coefficient (Wildman–Crippen LogP) is 3.16. The molecule has 10 heteroatoms. The molecule has 1 aliphatic rings. The molecule has 1 fully saturated rings. The molecule has 0 spiro atoms. The Kier molecular flexibility index (Phi) is 7.80. The Hall–Kier alpha value is -3.11. The number of hydrogen-bond acceptors (Lipinski definition) is 6. The highest BCUT2D eigenvalue weighted by Gasteiger charge is 2.30. The van der Waals surface area contributed by atoms with Crippen molar-refractivity contribution in [3.8, 4) is 5.75 Å². The summed E-state index contributed by atoms with van der Waals surface area (Å²) >= 11 is 0. The molecule has 1 amide bonds. The lowest BCUT2D eigenvalue weighted by molar-refractivity contribution is 0.0951. The third-order valence-corrected chi connectivity index (χ3v) is 8.23. The fourth-order valence-electron chi connectivity index (χ4n) is 5.60. The van der Waals surface area contributed by atoms with Crippen LogP contribution in [0.3, 0.4) is 0 Å². The average Bonchev–Trinajstić information content (AvgIpc) is 3.13. The van der Waals surface area contributed by atoms with E-state index in [2.05, 4.69) is 21.8 Å². The summed E-state index contributed by atoms with van der Waals surface area (Å²) in [5.74, 6) is 0.649. The van der Waals surface area contributed by atoms with Crippen LogP contribution in [0.1, 0.15) is 53.1 Å². The molecule has 0 aliphatic carbocycles. The number of H-pyrrole nitrogens is 1. The van der Waals surface area contributed by atoms with Crippen LogP contribution >= 0.6 is 0 Å². The van der Waals surface area contributed by atoms with Crippen LogP contribution in [0, 0.1) is 19.8 Å². The minimum atomic E-state index is -3.04. The number of sulfone groups is 1. The number of ether oxygens (including phenoxy) is 1. The van der Waals surface area contributed by atoms with Crippen LogP contribution in [0.5, 0.6) is 5.75 Å². The van der Waals surface area contributed by atoms with Gasteiger partial charge >= 0.3 is 0 Å². The Morgan fingerprint density at radius 1 is 1.22 bits per heavy atom. The summed E-state index contributed by atoms with van der Waals surface area (Å²) in [6.07, 6.45) is 3.05. The summed E-state index contributed by atoms with van der Waals surface area (Å²) < 4.78 is 31.0. The highest BCUT2D eigenvalue weighted by molar-refractivity contribution is 7.90. The van der Waals surface area contributed by atoms with E-state index in [4.69, 9.17) is 4.74 Å². The number of pyridine rings is 1. The second-order valence-corrected chi connectivity index (χ2v) is 12.2. The molecule has 2 N–H and O–H groups in total. The average molecular weight is 529 g/mol. The number of carbonyl (C=O) groups excluding carboxylic acids is 1. The first-order chi connectivity index (χ1) is 17.5. The number of aryl methyl sites for hydroxylation is 1. The molecule has 2 aromatic heterocycles. The number of hydrogen-bond donors (Lipinski definition) is 2. The van der Waals surface area contributed by atoms with Gasteiger partial charge in [-0.05, 0) is 64.8 Å². The highest BCUT2D eigenvalue weighted by atomic mass is 32.2. The Balaban J connectivity index is 1.59. The van der Waals surface area contributed by atoms with Crippen LogP contribution in [0.15, 0.2) is 35.1 Å². The molecule has 1 saturated heterocycles. The van der Waals surface area contributed by atoms with Crippen molar-refractivity contribution in [3.63, 3.8) is 0 Å². The van der Waals surface area contributed by atoms with Crippen molar-refractivity contribution in [1.29, 1.82) is 0 Å². The fraction of sp³-hybridized carbons (Fsp3) is 0.481. The van der Waals surface area contributed by atoms with E-state index >= 15 is 0 Å². The second-order valence-electron chi connectivity index (χ2n) is 10.1. The van der Waals surface area contributed by atoms with Crippen LogP contribution in [0.25, 0.3) is 10.9 Å². The van der Waals surface area contributed by atoms with Crippen LogP contribution in [-0.2, 0) is 16.4 Å². The Labute approximate surface area is 217 Å². The van der Waals surface area contributed by atoms with Gasteiger partial charge in [-0.25, -0.2) is 8.42 Å². The molecular weight excluding hydrogens is 492 g/mol. The number of methoxy groups -OCH3 is 1. The van der Waals surface area contributed by atoms with Crippen LogP contribution in [-0.4, -0.2) is 61.1 Å². The Bertz CT molecular complexity index is 1470. The summed E-state index contributed by atoms with van der Waals surface area (Å²) in [6.45, 7) is 7.44. The fourth-order valence-corrected chi connectivity index (χ4v) is 6.52. The molecule has 3 heterocycles. The van der Waals surface area contributed by atoms with Gasteiger partial charge in [0.25, 0.3) is 11.5 Å². The van der Waals surface area contributed by atoms with Gasteiger partial charge in [0.15, 0.2) is 9.84 Å². The Morgan fingerprint density at radius 2 is 1.89 bits per heavy atom. The van der Waals surface area contributed by atoms with Crippen molar-refractivity contribution in [2.45, 2.75) is 46.2 Å². The molecule has 3 aromatic rings. The molecule has 37 heavy (non-hydrogen) atoms. The minimum Gasteiger partial charge on any atom is -0.496 e. The lowest BCUT2D eigenvalue weighted by atomic mass is 9.90. The summed E-state index contributed by atoms with van der Waals surface area (Å²) in [6, 6.07) is 9.74. The molecule has 1 aliphatic heterocycles. The minimum absolute atomic E-state index is 0.0465. The molecule has 9 nitrogen and oxygen atoms in total. The Morgan fingerprint density at radius 3 is 2.54 bits per heavy atom.